The molecule has 1 aromatic heterocycles. The van der Waals surface area contributed by atoms with Crippen LogP contribution in [-0.2, 0) is 9.53 Å². The summed E-state index contributed by atoms with van der Waals surface area (Å²) in [5.41, 5.74) is 1.87. The van der Waals surface area contributed by atoms with E-state index in [1.54, 1.807) is 19.1 Å². The predicted octanol–water partition coefficient (Wildman–Crippen LogP) is 5.92. The monoisotopic (exact) mass is 449 g/mol. The Morgan fingerprint density at radius 3 is 2.59 bits per heavy atom. The smallest absolute Gasteiger partial charge is 0.341 e. The molecule has 0 aliphatic rings. The van der Waals surface area contributed by atoms with E-state index in [1.165, 1.54) is 17.4 Å². The topological polar surface area (TPSA) is 64.6 Å². The van der Waals surface area contributed by atoms with Crippen molar-refractivity contribution in [2.75, 3.05) is 18.5 Å². The molecule has 1 heterocycles. The highest BCUT2D eigenvalue weighted by Gasteiger charge is 2.23. The maximum absolute atomic E-state index is 12.5. The molecule has 0 unspecified atom stereocenters. The summed E-state index contributed by atoms with van der Waals surface area (Å²) in [6, 6.07) is 14.2. The Morgan fingerprint density at radius 2 is 1.86 bits per heavy atom. The lowest BCUT2D eigenvalue weighted by atomic mass is 10.0. The summed E-state index contributed by atoms with van der Waals surface area (Å²) in [6.07, 6.45) is 0. The average Bonchev–Trinajstić information content (AvgIpc) is 3.13. The van der Waals surface area contributed by atoms with E-state index in [-0.39, 0.29) is 13.2 Å². The van der Waals surface area contributed by atoms with Crippen molar-refractivity contribution in [3.63, 3.8) is 0 Å². The first-order chi connectivity index (χ1) is 14.0. The van der Waals surface area contributed by atoms with Gasteiger partial charge in [0, 0.05) is 22.0 Å². The first kappa shape index (κ1) is 21.2. The molecule has 1 N–H and O–H groups in total. The van der Waals surface area contributed by atoms with E-state index < -0.39 is 11.9 Å². The third kappa shape index (κ3) is 5.29. The highest BCUT2D eigenvalue weighted by atomic mass is 35.5. The average molecular weight is 450 g/mol. The number of halogens is 2. The number of ether oxygens (including phenoxy) is 2. The van der Waals surface area contributed by atoms with E-state index in [4.69, 9.17) is 32.7 Å². The summed E-state index contributed by atoms with van der Waals surface area (Å²) in [5, 5.41) is 5.72. The van der Waals surface area contributed by atoms with Crippen LogP contribution in [0.3, 0.4) is 0 Å². The van der Waals surface area contributed by atoms with Gasteiger partial charge in [-0.1, -0.05) is 53.5 Å². The fraction of sp³-hybridized carbons (Fsp3) is 0.143. The lowest BCUT2D eigenvalue weighted by molar-refractivity contribution is -0.118. The molecule has 0 aliphatic heterocycles. The van der Waals surface area contributed by atoms with Crippen LogP contribution in [0.5, 0.6) is 5.75 Å². The molecule has 0 saturated heterocycles. The summed E-state index contributed by atoms with van der Waals surface area (Å²) < 4.78 is 10.6. The Labute approximate surface area is 182 Å². The van der Waals surface area contributed by atoms with E-state index in [1.807, 2.05) is 35.7 Å². The van der Waals surface area contributed by atoms with Crippen molar-refractivity contribution in [3.8, 4) is 16.9 Å². The molecule has 150 valence electrons. The third-order valence-corrected chi connectivity index (χ3v) is 5.30. The molecular formula is C21H17Cl2NO4S. The van der Waals surface area contributed by atoms with Gasteiger partial charge in [0.1, 0.15) is 16.3 Å². The number of esters is 1. The summed E-state index contributed by atoms with van der Waals surface area (Å²) in [7, 11) is 0. The Hall–Kier alpha value is -2.54. The van der Waals surface area contributed by atoms with Crippen LogP contribution in [0.4, 0.5) is 5.00 Å². The number of anilines is 1. The number of benzene rings is 2. The van der Waals surface area contributed by atoms with Gasteiger partial charge in [-0.3, -0.25) is 4.79 Å². The standard InChI is InChI=1S/C21H17Cl2NO4S/c1-2-27-21(26)19-15(13-6-4-3-5-7-13)12-29-20(19)24-18(25)11-28-17-10-14(22)8-9-16(17)23/h3-10,12H,2,11H2,1H3,(H,24,25). The first-order valence-electron chi connectivity index (χ1n) is 8.71. The van der Waals surface area contributed by atoms with Crippen LogP contribution < -0.4 is 10.1 Å². The van der Waals surface area contributed by atoms with Crippen molar-refractivity contribution in [2.45, 2.75) is 6.92 Å². The Morgan fingerprint density at radius 1 is 1.10 bits per heavy atom. The molecule has 0 aliphatic carbocycles. The van der Waals surface area contributed by atoms with E-state index >= 15 is 0 Å². The molecule has 0 spiro atoms. The minimum atomic E-state index is -0.498. The number of hydrogen-bond acceptors (Lipinski definition) is 5. The van der Waals surface area contributed by atoms with Gasteiger partial charge in [0.15, 0.2) is 6.61 Å². The maximum atomic E-state index is 12.5. The molecule has 0 fully saturated rings. The number of amides is 1. The number of thiophene rings is 1. The van der Waals surface area contributed by atoms with Crippen molar-refractivity contribution < 1.29 is 19.1 Å². The molecule has 3 rings (SSSR count). The Kier molecular flexibility index (Phi) is 7.14. The molecule has 3 aromatic rings. The highest BCUT2D eigenvalue weighted by Crippen LogP contribution is 2.36. The summed E-state index contributed by atoms with van der Waals surface area (Å²) in [6.45, 7) is 1.67. The van der Waals surface area contributed by atoms with Crippen molar-refractivity contribution in [1.29, 1.82) is 0 Å². The van der Waals surface area contributed by atoms with Gasteiger partial charge in [0.25, 0.3) is 5.91 Å². The number of nitrogens with one attached hydrogen (secondary N) is 1. The molecule has 0 radical (unpaired) electrons. The van der Waals surface area contributed by atoms with Crippen LogP contribution >= 0.6 is 34.5 Å². The number of rotatable bonds is 7. The Bertz CT molecular complexity index is 1020. The van der Waals surface area contributed by atoms with Crippen LogP contribution in [-0.4, -0.2) is 25.1 Å². The van der Waals surface area contributed by atoms with Gasteiger partial charge in [0.2, 0.25) is 0 Å². The SMILES string of the molecule is CCOC(=O)c1c(-c2ccccc2)csc1NC(=O)COc1cc(Cl)ccc1Cl. The maximum Gasteiger partial charge on any atom is 0.341 e. The van der Waals surface area contributed by atoms with Gasteiger partial charge >= 0.3 is 5.97 Å². The number of carbonyl (C=O) groups excluding carboxylic acids is 2. The van der Waals surface area contributed by atoms with Crippen LogP contribution in [0.25, 0.3) is 11.1 Å². The summed E-state index contributed by atoms with van der Waals surface area (Å²) in [4.78, 5) is 24.9. The molecule has 0 saturated carbocycles. The molecule has 29 heavy (non-hydrogen) atoms. The molecule has 8 heteroatoms. The van der Waals surface area contributed by atoms with E-state index in [0.29, 0.717) is 31.9 Å². The van der Waals surface area contributed by atoms with Gasteiger partial charge in [-0.15, -0.1) is 11.3 Å². The zero-order valence-electron chi connectivity index (χ0n) is 15.4. The Balaban J connectivity index is 1.79. The molecule has 0 bridgehead atoms. The van der Waals surface area contributed by atoms with Crippen molar-refractivity contribution >= 4 is 51.4 Å². The quantitative estimate of drug-likeness (QED) is 0.454. The zero-order chi connectivity index (χ0) is 20.8. The van der Waals surface area contributed by atoms with Crippen LogP contribution in [0.2, 0.25) is 10.0 Å². The second-order valence-corrected chi connectivity index (χ2v) is 7.57. The normalized spacial score (nSPS) is 10.4. The van der Waals surface area contributed by atoms with Crippen LogP contribution in [0, 0.1) is 0 Å². The van der Waals surface area contributed by atoms with Gasteiger partial charge in [-0.25, -0.2) is 4.79 Å². The lowest BCUT2D eigenvalue weighted by Crippen LogP contribution is -2.21. The van der Waals surface area contributed by atoms with Crippen molar-refractivity contribution in [2.24, 2.45) is 0 Å². The zero-order valence-corrected chi connectivity index (χ0v) is 17.7. The van der Waals surface area contributed by atoms with E-state index in [0.717, 1.165) is 5.56 Å². The fourth-order valence-electron chi connectivity index (χ4n) is 2.58. The lowest BCUT2D eigenvalue weighted by Gasteiger charge is -2.10. The molecule has 1 amide bonds. The van der Waals surface area contributed by atoms with Crippen molar-refractivity contribution in [3.05, 3.63) is 69.5 Å². The minimum Gasteiger partial charge on any atom is -0.482 e. The van der Waals surface area contributed by atoms with E-state index in [2.05, 4.69) is 5.32 Å². The van der Waals surface area contributed by atoms with Gasteiger partial charge in [0.05, 0.1) is 11.6 Å². The van der Waals surface area contributed by atoms with Gasteiger partial charge in [-0.2, -0.15) is 0 Å². The molecule has 2 aromatic carbocycles. The van der Waals surface area contributed by atoms with Gasteiger partial charge < -0.3 is 14.8 Å². The largest absolute Gasteiger partial charge is 0.482 e. The third-order valence-electron chi connectivity index (χ3n) is 3.86. The minimum absolute atomic E-state index is 0.229. The number of carbonyl (C=O) groups is 2. The molecule has 0 atom stereocenters. The second-order valence-electron chi connectivity index (χ2n) is 5.85. The summed E-state index contributed by atoms with van der Waals surface area (Å²) >= 11 is 13.2. The fourth-order valence-corrected chi connectivity index (χ4v) is 3.89. The number of hydrogen-bond donors (Lipinski definition) is 1. The van der Waals surface area contributed by atoms with Crippen molar-refractivity contribution in [1.82, 2.24) is 0 Å². The first-order valence-corrected chi connectivity index (χ1v) is 10.3. The van der Waals surface area contributed by atoms with Crippen LogP contribution in [0.1, 0.15) is 17.3 Å². The predicted molar refractivity (Wildman–Crippen MR) is 116 cm³/mol. The van der Waals surface area contributed by atoms with Gasteiger partial charge in [-0.05, 0) is 24.6 Å². The summed E-state index contributed by atoms with van der Waals surface area (Å²) in [5.74, 6) is -0.633. The molecule has 5 nitrogen and oxygen atoms in total. The van der Waals surface area contributed by atoms with Crippen LogP contribution in [0.15, 0.2) is 53.9 Å². The molecular weight excluding hydrogens is 433 g/mol. The van der Waals surface area contributed by atoms with E-state index in [9.17, 15) is 9.59 Å². The highest BCUT2D eigenvalue weighted by molar-refractivity contribution is 7.15. The second kappa shape index (κ2) is 9.78.